The number of anilines is 2. The first kappa shape index (κ1) is 17.4. The third-order valence-electron chi connectivity index (χ3n) is 2.98. The van der Waals surface area contributed by atoms with E-state index in [0.717, 1.165) is 0 Å². The molecule has 0 saturated heterocycles. The van der Waals surface area contributed by atoms with E-state index in [2.05, 4.69) is 20.6 Å². The van der Waals surface area contributed by atoms with Crippen LogP contribution in [0.5, 0.6) is 0 Å². The van der Waals surface area contributed by atoms with Crippen LogP contribution in [-0.2, 0) is 4.74 Å². The zero-order valence-corrected chi connectivity index (χ0v) is 14.1. The molecule has 1 heterocycles. The second-order valence-corrected chi connectivity index (χ2v) is 6.16. The summed E-state index contributed by atoms with van der Waals surface area (Å²) in [4.78, 5) is 32.3. The van der Waals surface area contributed by atoms with Crippen molar-refractivity contribution in [3.8, 4) is 0 Å². The molecule has 2 aromatic rings. The van der Waals surface area contributed by atoms with Crippen LogP contribution in [0, 0.1) is 0 Å². The monoisotopic (exact) mass is 328 g/mol. The third-order valence-corrected chi connectivity index (χ3v) is 2.98. The predicted octanol–water partition coefficient (Wildman–Crippen LogP) is 2.73. The van der Waals surface area contributed by atoms with Gasteiger partial charge in [-0.3, -0.25) is 4.79 Å². The number of para-hydroxylation sites is 1. The third kappa shape index (κ3) is 4.52. The molecule has 0 spiro atoms. The highest BCUT2D eigenvalue weighted by atomic mass is 16.5. The molecule has 0 unspecified atom stereocenters. The van der Waals surface area contributed by atoms with E-state index < -0.39 is 11.9 Å². The topological polar surface area (TPSA) is 93.2 Å². The number of carbonyl (C=O) groups is 2. The van der Waals surface area contributed by atoms with E-state index in [1.54, 1.807) is 24.3 Å². The highest BCUT2D eigenvalue weighted by Gasteiger charge is 2.16. The summed E-state index contributed by atoms with van der Waals surface area (Å²) in [6.07, 6.45) is 2.86. The molecule has 1 amide bonds. The van der Waals surface area contributed by atoms with Crippen LogP contribution in [0.25, 0.3) is 0 Å². The molecule has 24 heavy (non-hydrogen) atoms. The van der Waals surface area contributed by atoms with Crippen molar-refractivity contribution < 1.29 is 14.3 Å². The number of carbonyl (C=O) groups excluding carboxylic acids is 2. The number of hydrogen-bond acceptors (Lipinski definition) is 6. The van der Waals surface area contributed by atoms with Gasteiger partial charge in [-0.25, -0.2) is 14.8 Å². The fourth-order valence-corrected chi connectivity index (χ4v) is 1.92. The lowest BCUT2D eigenvalue weighted by Gasteiger charge is -2.20. The summed E-state index contributed by atoms with van der Waals surface area (Å²) in [7, 11) is 1.29. The van der Waals surface area contributed by atoms with E-state index in [-0.39, 0.29) is 16.7 Å². The minimum atomic E-state index is -0.521. The molecule has 0 aliphatic heterocycles. The predicted molar refractivity (Wildman–Crippen MR) is 91.1 cm³/mol. The smallest absolute Gasteiger partial charge is 0.339 e. The molecule has 0 atom stereocenters. The van der Waals surface area contributed by atoms with Crippen LogP contribution in [0.2, 0.25) is 0 Å². The van der Waals surface area contributed by atoms with Gasteiger partial charge >= 0.3 is 5.97 Å². The number of rotatable bonds is 4. The lowest BCUT2D eigenvalue weighted by molar-refractivity contribution is 0.0602. The van der Waals surface area contributed by atoms with Gasteiger partial charge in [-0.15, -0.1) is 0 Å². The number of methoxy groups -OCH3 is 1. The van der Waals surface area contributed by atoms with Gasteiger partial charge in [0.1, 0.15) is 0 Å². The van der Waals surface area contributed by atoms with Crippen molar-refractivity contribution >= 4 is 23.5 Å². The molecule has 2 N–H and O–H groups in total. The summed E-state index contributed by atoms with van der Waals surface area (Å²) < 4.78 is 4.70. The van der Waals surface area contributed by atoms with E-state index in [1.165, 1.54) is 19.5 Å². The molecule has 0 aliphatic rings. The van der Waals surface area contributed by atoms with E-state index >= 15 is 0 Å². The molecule has 0 fully saturated rings. The van der Waals surface area contributed by atoms with Gasteiger partial charge in [-0.05, 0) is 32.9 Å². The van der Waals surface area contributed by atoms with Gasteiger partial charge in [0.2, 0.25) is 5.95 Å². The summed E-state index contributed by atoms with van der Waals surface area (Å²) in [5.41, 5.74) is 0.754. The number of benzene rings is 1. The Balaban J connectivity index is 2.15. The number of esters is 1. The zero-order chi connectivity index (χ0) is 17.7. The van der Waals surface area contributed by atoms with Crippen molar-refractivity contribution in [3.63, 3.8) is 0 Å². The second-order valence-electron chi connectivity index (χ2n) is 6.16. The average Bonchev–Trinajstić information content (AvgIpc) is 2.53. The fourth-order valence-electron chi connectivity index (χ4n) is 1.92. The van der Waals surface area contributed by atoms with Crippen LogP contribution in [0.15, 0.2) is 36.7 Å². The highest BCUT2D eigenvalue weighted by Crippen LogP contribution is 2.17. The van der Waals surface area contributed by atoms with Crippen LogP contribution in [0.3, 0.4) is 0 Å². The number of hydrogen-bond donors (Lipinski definition) is 2. The molecule has 126 valence electrons. The molecule has 2 rings (SSSR count). The maximum Gasteiger partial charge on any atom is 0.339 e. The first-order chi connectivity index (χ1) is 11.3. The van der Waals surface area contributed by atoms with Gasteiger partial charge in [-0.1, -0.05) is 12.1 Å². The zero-order valence-electron chi connectivity index (χ0n) is 14.1. The maximum atomic E-state index is 12.3. The Bertz CT molecular complexity index is 736. The Hall–Kier alpha value is -2.96. The largest absolute Gasteiger partial charge is 0.465 e. The molecule has 1 aromatic heterocycles. The van der Waals surface area contributed by atoms with Crippen molar-refractivity contribution in [3.05, 3.63) is 47.8 Å². The Kier molecular flexibility index (Phi) is 5.13. The van der Waals surface area contributed by atoms with Gasteiger partial charge < -0.3 is 15.4 Å². The van der Waals surface area contributed by atoms with E-state index in [0.29, 0.717) is 11.6 Å². The van der Waals surface area contributed by atoms with E-state index in [9.17, 15) is 9.59 Å². The summed E-state index contributed by atoms with van der Waals surface area (Å²) in [5, 5.41) is 5.78. The quantitative estimate of drug-likeness (QED) is 0.838. The summed E-state index contributed by atoms with van der Waals surface area (Å²) in [6, 6.07) is 6.61. The lowest BCUT2D eigenvalue weighted by Crippen LogP contribution is -2.27. The highest BCUT2D eigenvalue weighted by molar-refractivity contribution is 6.07. The molecule has 0 bridgehead atoms. The normalized spacial score (nSPS) is 10.8. The Morgan fingerprint density at radius 1 is 1.08 bits per heavy atom. The summed E-state index contributed by atoms with van der Waals surface area (Å²) >= 11 is 0. The molecule has 7 nitrogen and oxygen atoms in total. The minimum Gasteiger partial charge on any atom is -0.465 e. The van der Waals surface area contributed by atoms with Crippen molar-refractivity contribution in [2.45, 2.75) is 26.3 Å². The van der Waals surface area contributed by atoms with Gasteiger partial charge in [0.05, 0.1) is 23.9 Å². The van der Waals surface area contributed by atoms with Crippen molar-refractivity contribution in [2.75, 3.05) is 17.7 Å². The Labute approximate surface area is 140 Å². The fraction of sp³-hybridized carbons (Fsp3) is 0.294. The minimum absolute atomic E-state index is 0.177. The summed E-state index contributed by atoms with van der Waals surface area (Å²) in [6.45, 7) is 5.96. The second kappa shape index (κ2) is 7.08. The lowest BCUT2D eigenvalue weighted by atomic mass is 10.1. The number of ether oxygens (including phenoxy) is 1. The SMILES string of the molecule is COC(=O)c1ccccc1NC(=O)c1cnc(NC(C)(C)C)nc1. The number of nitrogens with zero attached hydrogens (tertiary/aromatic N) is 2. The Morgan fingerprint density at radius 3 is 2.29 bits per heavy atom. The Morgan fingerprint density at radius 2 is 1.71 bits per heavy atom. The van der Waals surface area contributed by atoms with Crippen LogP contribution in [-0.4, -0.2) is 34.5 Å². The van der Waals surface area contributed by atoms with E-state index in [4.69, 9.17) is 4.74 Å². The standard InChI is InChI=1S/C17H20N4O3/c1-17(2,3)21-16-18-9-11(10-19-16)14(22)20-13-8-6-5-7-12(13)15(23)24-4/h5-10H,1-4H3,(H,20,22)(H,18,19,21). The molecule has 7 heteroatoms. The van der Waals surface area contributed by atoms with Crippen molar-refractivity contribution in [1.82, 2.24) is 9.97 Å². The van der Waals surface area contributed by atoms with Crippen molar-refractivity contribution in [2.24, 2.45) is 0 Å². The van der Waals surface area contributed by atoms with Gasteiger partial charge in [0.25, 0.3) is 5.91 Å². The van der Waals surface area contributed by atoms with Crippen LogP contribution < -0.4 is 10.6 Å². The number of aromatic nitrogens is 2. The van der Waals surface area contributed by atoms with Gasteiger partial charge in [0, 0.05) is 17.9 Å². The maximum absolute atomic E-state index is 12.3. The molecule has 0 aliphatic carbocycles. The molecular weight excluding hydrogens is 308 g/mol. The van der Waals surface area contributed by atoms with Gasteiger partial charge in [-0.2, -0.15) is 0 Å². The number of amides is 1. The van der Waals surface area contributed by atoms with Crippen LogP contribution in [0.1, 0.15) is 41.5 Å². The first-order valence-corrected chi connectivity index (χ1v) is 7.39. The molecule has 1 aromatic carbocycles. The first-order valence-electron chi connectivity index (χ1n) is 7.39. The molecule has 0 saturated carbocycles. The van der Waals surface area contributed by atoms with Gasteiger partial charge in [0.15, 0.2) is 0 Å². The van der Waals surface area contributed by atoms with Crippen LogP contribution in [0.4, 0.5) is 11.6 Å². The van der Waals surface area contributed by atoms with E-state index in [1.807, 2.05) is 20.8 Å². The average molecular weight is 328 g/mol. The molecule has 0 radical (unpaired) electrons. The number of nitrogens with one attached hydrogen (secondary N) is 2. The van der Waals surface area contributed by atoms with Crippen LogP contribution >= 0.6 is 0 Å². The van der Waals surface area contributed by atoms with Crippen molar-refractivity contribution in [1.29, 1.82) is 0 Å². The molecular formula is C17H20N4O3. The summed E-state index contributed by atoms with van der Waals surface area (Å²) in [5.74, 6) is -0.491.